The second kappa shape index (κ2) is 3.38. The summed E-state index contributed by atoms with van der Waals surface area (Å²) < 4.78 is 5.06. The maximum Gasteiger partial charge on any atom is 0.213 e. The Bertz CT molecular complexity index is 329. The number of nitrogens with one attached hydrogen (secondary N) is 1. The molecule has 2 heterocycles. The molecule has 0 spiro atoms. The molecule has 1 aromatic rings. The highest BCUT2D eigenvalue weighted by Crippen LogP contribution is 2.15. The number of Topliss-reactive ketones (excluding diaryl/α,β-unsaturated/α-hetero) is 1. The first kappa shape index (κ1) is 7.97. The lowest BCUT2D eigenvalue weighted by atomic mass is 10.0. The molecule has 0 aliphatic carbocycles. The average Bonchev–Trinajstić information content (AvgIpc) is 2.71. The number of carbonyl (C=O) groups excluding carboxylic acids is 1. The van der Waals surface area contributed by atoms with Gasteiger partial charge in [0.2, 0.25) is 5.78 Å². The van der Waals surface area contributed by atoms with Crippen molar-refractivity contribution in [1.82, 2.24) is 15.4 Å². The highest BCUT2D eigenvalue weighted by atomic mass is 16.5. The summed E-state index contributed by atoms with van der Waals surface area (Å²) in [5.74, 6) is -0.103. The molecule has 1 N–H and O–H groups in total. The maximum atomic E-state index is 11.6. The minimum atomic E-state index is -0.103. The first-order chi connectivity index (χ1) is 6.38. The quantitative estimate of drug-likeness (QED) is 0.678. The summed E-state index contributed by atoms with van der Waals surface area (Å²) in [6.07, 6.45) is 4.57. The molecule has 0 saturated carbocycles. The topological polar surface area (TPSA) is 67.9 Å². The van der Waals surface area contributed by atoms with Gasteiger partial charge >= 0.3 is 0 Å². The summed E-state index contributed by atoms with van der Waals surface area (Å²) in [6, 6.07) is 0. The van der Waals surface area contributed by atoms with E-state index >= 15 is 0 Å². The number of H-pyrrole nitrogens is 1. The van der Waals surface area contributed by atoms with E-state index in [0.29, 0.717) is 17.9 Å². The molecule has 5 nitrogen and oxygen atoms in total. The number of ether oxygens (including phenoxy) is 1. The summed E-state index contributed by atoms with van der Waals surface area (Å²) in [6.45, 7) is 0.690. The van der Waals surface area contributed by atoms with Crippen molar-refractivity contribution >= 4 is 5.78 Å². The van der Waals surface area contributed by atoms with Crippen LogP contribution in [0.2, 0.25) is 0 Å². The van der Waals surface area contributed by atoms with Gasteiger partial charge in [-0.2, -0.15) is 15.4 Å². The Morgan fingerprint density at radius 2 is 2.54 bits per heavy atom. The van der Waals surface area contributed by atoms with Crippen molar-refractivity contribution in [2.75, 3.05) is 6.61 Å². The Kier molecular flexibility index (Phi) is 2.08. The molecule has 68 valence electrons. The summed E-state index contributed by atoms with van der Waals surface area (Å²) in [5, 5.41) is 9.68. The first-order valence-electron chi connectivity index (χ1n) is 4.09. The minimum absolute atomic E-state index is 0.103. The van der Waals surface area contributed by atoms with Gasteiger partial charge in [-0.15, -0.1) is 0 Å². The third-order valence-electron chi connectivity index (χ3n) is 1.87. The van der Waals surface area contributed by atoms with Crippen LogP contribution in [0, 0.1) is 0 Å². The standard InChI is InChI=1S/C8H9N3O2/c12-8(7-4-9-11-10-7)6-2-1-3-13-5-6/h4-5H,1-3H2,(H,9,10,11). The summed E-state index contributed by atoms with van der Waals surface area (Å²) in [7, 11) is 0. The molecule has 0 radical (unpaired) electrons. The van der Waals surface area contributed by atoms with E-state index in [0.717, 1.165) is 12.8 Å². The number of hydrogen-bond donors (Lipinski definition) is 1. The van der Waals surface area contributed by atoms with Crippen molar-refractivity contribution in [1.29, 1.82) is 0 Å². The highest BCUT2D eigenvalue weighted by molar-refractivity contribution is 6.06. The number of carbonyl (C=O) groups is 1. The van der Waals surface area contributed by atoms with Gasteiger partial charge in [-0.3, -0.25) is 4.79 Å². The van der Waals surface area contributed by atoms with Crippen LogP contribution in [0.4, 0.5) is 0 Å². The van der Waals surface area contributed by atoms with Gasteiger partial charge < -0.3 is 4.74 Å². The molecule has 1 aliphatic heterocycles. The lowest BCUT2D eigenvalue weighted by molar-refractivity contribution is 0.100. The molecule has 0 bridgehead atoms. The predicted molar refractivity (Wildman–Crippen MR) is 44.0 cm³/mol. The number of ketones is 1. The van der Waals surface area contributed by atoms with Crippen LogP contribution in [0.5, 0.6) is 0 Å². The SMILES string of the molecule is O=C(C1=COCCC1)c1cn[nH]n1. The Morgan fingerprint density at radius 3 is 3.15 bits per heavy atom. The summed E-state index contributed by atoms with van der Waals surface area (Å²) in [5.41, 5.74) is 1.01. The molecular formula is C8H9N3O2. The minimum Gasteiger partial charge on any atom is -0.501 e. The fourth-order valence-electron chi connectivity index (χ4n) is 1.21. The van der Waals surface area contributed by atoms with Gasteiger partial charge in [0.15, 0.2) is 5.69 Å². The molecule has 1 aliphatic rings. The van der Waals surface area contributed by atoms with Crippen LogP contribution in [0.25, 0.3) is 0 Å². The van der Waals surface area contributed by atoms with Gasteiger partial charge in [0.05, 0.1) is 19.1 Å². The third kappa shape index (κ3) is 1.58. The van der Waals surface area contributed by atoms with Crippen LogP contribution in [0.3, 0.4) is 0 Å². The lowest BCUT2D eigenvalue weighted by Crippen LogP contribution is -2.09. The molecule has 13 heavy (non-hydrogen) atoms. The molecule has 0 amide bonds. The Labute approximate surface area is 74.8 Å². The van der Waals surface area contributed by atoms with Crippen LogP contribution in [0.15, 0.2) is 18.0 Å². The monoisotopic (exact) mass is 179 g/mol. The molecule has 0 atom stereocenters. The van der Waals surface area contributed by atoms with E-state index < -0.39 is 0 Å². The molecular weight excluding hydrogens is 170 g/mol. The van der Waals surface area contributed by atoms with Crippen molar-refractivity contribution < 1.29 is 9.53 Å². The zero-order chi connectivity index (χ0) is 9.10. The fourth-order valence-corrected chi connectivity index (χ4v) is 1.21. The third-order valence-corrected chi connectivity index (χ3v) is 1.87. The number of allylic oxidation sites excluding steroid dienone is 1. The molecule has 0 fully saturated rings. The molecule has 0 saturated heterocycles. The van der Waals surface area contributed by atoms with Gasteiger partial charge in [-0.1, -0.05) is 0 Å². The average molecular weight is 179 g/mol. The van der Waals surface area contributed by atoms with E-state index in [1.54, 1.807) is 0 Å². The zero-order valence-electron chi connectivity index (χ0n) is 6.99. The van der Waals surface area contributed by atoms with E-state index in [-0.39, 0.29) is 5.78 Å². The van der Waals surface area contributed by atoms with E-state index in [2.05, 4.69) is 15.4 Å². The van der Waals surface area contributed by atoms with Crippen molar-refractivity contribution in [2.24, 2.45) is 0 Å². The summed E-state index contributed by atoms with van der Waals surface area (Å²) in [4.78, 5) is 11.6. The van der Waals surface area contributed by atoms with Crippen molar-refractivity contribution in [3.05, 3.63) is 23.7 Å². The van der Waals surface area contributed by atoms with Crippen LogP contribution >= 0.6 is 0 Å². The largest absolute Gasteiger partial charge is 0.501 e. The normalized spacial score (nSPS) is 16.2. The first-order valence-corrected chi connectivity index (χ1v) is 4.09. The van der Waals surface area contributed by atoms with Crippen molar-refractivity contribution in [2.45, 2.75) is 12.8 Å². The highest BCUT2D eigenvalue weighted by Gasteiger charge is 2.17. The fraction of sp³-hybridized carbons (Fsp3) is 0.375. The molecule has 1 aromatic heterocycles. The predicted octanol–water partition coefficient (Wildman–Crippen LogP) is 0.682. The molecule has 5 heteroatoms. The van der Waals surface area contributed by atoms with Crippen LogP contribution < -0.4 is 0 Å². The second-order valence-corrected chi connectivity index (χ2v) is 2.80. The van der Waals surface area contributed by atoms with Gasteiger partial charge in [0.1, 0.15) is 0 Å². The number of rotatable bonds is 2. The zero-order valence-corrected chi connectivity index (χ0v) is 6.99. The smallest absolute Gasteiger partial charge is 0.213 e. The molecule has 0 aromatic carbocycles. The van der Waals surface area contributed by atoms with E-state index in [1.165, 1.54) is 12.5 Å². The van der Waals surface area contributed by atoms with Crippen LogP contribution in [-0.4, -0.2) is 27.8 Å². The van der Waals surface area contributed by atoms with Crippen molar-refractivity contribution in [3.8, 4) is 0 Å². The Hall–Kier alpha value is -1.65. The van der Waals surface area contributed by atoms with Crippen LogP contribution in [0.1, 0.15) is 23.3 Å². The van der Waals surface area contributed by atoms with E-state index in [1.807, 2.05) is 0 Å². The van der Waals surface area contributed by atoms with E-state index in [4.69, 9.17) is 4.74 Å². The van der Waals surface area contributed by atoms with E-state index in [9.17, 15) is 4.79 Å². The molecule has 2 rings (SSSR count). The lowest BCUT2D eigenvalue weighted by Gasteiger charge is -2.10. The van der Waals surface area contributed by atoms with Gasteiger partial charge in [0, 0.05) is 5.57 Å². The van der Waals surface area contributed by atoms with Gasteiger partial charge in [-0.25, -0.2) is 0 Å². The maximum absolute atomic E-state index is 11.6. The number of aromatic nitrogens is 3. The Balaban J connectivity index is 2.17. The Morgan fingerprint density at radius 1 is 1.62 bits per heavy atom. The number of aromatic amines is 1. The number of hydrogen-bond acceptors (Lipinski definition) is 4. The second-order valence-electron chi connectivity index (χ2n) is 2.80. The van der Waals surface area contributed by atoms with Gasteiger partial charge in [0.25, 0.3) is 0 Å². The number of nitrogens with zero attached hydrogens (tertiary/aromatic N) is 2. The van der Waals surface area contributed by atoms with Crippen molar-refractivity contribution in [3.63, 3.8) is 0 Å². The van der Waals surface area contributed by atoms with Gasteiger partial charge in [-0.05, 0) is 12.8 Å². The van der Waals surface area contributed by atoms with Crippen LogP contribution in [-0.2, 0) is 4.74 Å². The molecule has 0 unspecified atom stereocenters. The summed E-state index contributed by atoms with van der Waals surface area (Å²) >= 11 is 0.